The Kier molecular flexibility index (Phi) is 5.44. The predicted octanol–water partition coefficient (Wildman–Crippen LogP) is 1.83. The molecule has 1 N–H and O–H groups in total. The van der Waals surface area contributed by atoms with Crippen LogP contribution in [0.25, 0.3) is 0 Å². The van der Waals surface area contributed by atoms with Crippen LogP contribution < -0.4 is 19.3 Å². The van der Waals surface area contributed by atoms with Crippen LogP contribution in [0.3, 0.4) is 0 Å². The summed E-state index contributed by atoms with van der Waals surface area (Å²) in [5.41, 5.74) is 0.216. The Morgan fingerprint density at radius 2 is 1.76 bits per heavy atom. The number of aromatic carboxylic acids is 1. The molecular weight excluding hydrogens is 370 g/mol. The number of carboxylic acids is 1. The SMILES string of the molecule is COc1cc(OC)c(NS(=O)(=O)c2cc(C(=O)[O-])ccc2C)cc1Cl. The molecule has 2 rings (SSSR count). The summed E-state index contributed by atoms with van der Waals surface area (Å²) in [5, 5.41) is 11.2. The first-order valence-electron chi connectivity index (χ1n) is 6.96. The van der Waals surface area contributed by atoms with Gasteiger partial charge in [0.1, 0.15) is 11.5 Å². The summed E-state index contributed by atoms with van der Waals surface area (Å²) in [4.78, 5) is 10.8. The summed E-state index contributed by atoms with van der Waals surface area (Å²) < 4.78 is 37.9. The molecule has 0 amide bonds. The van der Waals surface area contributed by atoms with Crippen LogP contribution in [-0.2, 0) is 10.0 Å². The van der Waals surface area contributed by atoms with Gasteiger partial charge in [-0.15, -0.1) is 0 Å². The number of sulfonamides is 1. The van der Waals surface area contributed by atoms with Crippen LogP contribution in [0.4, 0.5) is 5.69 Å². The molecule has 25 heavy (non-hydrogen) atoms. The van der Waals surface area contributed by atoms with Gasteiger partial charge in [0, 0.05) is 6.07 Å². The number of carbonyl (C=O) groups is 1. The van der Waals surface area contributed by atoms with Gasteiger partial charge in [-0.1, -0.05) is 23.7 Å². The number of carboxylic acid groups (broad SMARTS) is 1. The highest BCUT2D eigenvalue weighted by atomic mass is 35.5. The molecule has 0 aliphatic heterocycles. The summed E-state index contributed by atoms with van der Waals surface area (Å²) in [6.45, 7) is 1.55. The number of methoxy groups -OCH3 is 2. The van der Waals surface area contributed by atoms with Crippen LogP contribution in [0.1, 0.15) is 15.9 Å². The van der Waals surface area contributed by atoms with Crippen LogP contribution in [0.5, 0.6) is 11.5 Å². The fraction of sp³-hybridized carbons (Fsp3) is 0.188. The zero-order valence-corrected chi connectivity index (χ0v) is 15.2. The van der Waals surface area contributed by atoms with Gasteiger partial charge < -0.3 is 19.4 Å². The van der Waals surface area contributed by atoms with Gasteiger partial charge in [-0.25, -0.2) is 8.42 Å². The smallest absolute Gasteiger partial charge is 0.262 e. The molecule has 2 aromatic rings. The lowest BCUT2D eigenvalue weighted by Crippen LogP contribution is -2.23. The third-order valence-corrected chi connectivity index (χ3v) is 5.23. The van der Waals surface area contributed by atoms with E-state index in [9.17, 15) is 18.3 Å². The summed E-state index contributed by atoms with van der Waals surface area (Å²) in [6, 6.07) is 6.47. The van der Waals surface area contributed by atoms with Crippen molar-refractivity contribution in [2.45, 2.75) is 11.8 Å². The molecule has 0 aromatic heterocycles. The van der Waals surface area contributed by atoms with Crippen molar-refractivity contribution in [1.29, 1.82) is 0 Å². The molecule has 0 radical (unpaired) electrons. The monoisotopic (exact) mass is 384 g/mol. The van der Waals surface area contributed by atoms with Crippen molar-refractivity contribution in [3.05, 3.63) is 46.5 Å². The lowest BCUT2D eigenvalue weighted by Gasteiger charge is -2.16. The lowest BCUT2D eigenvalue weighted by atomic mass is 10.1. The topological polar surface area (TPSA) is 105 Å². The van der Waals surface area contributed by atoms with Crippen molar-refractivity contribution in [3.8, 4) is 11.5 Å². The van der Waals surface area contributed by atoms with Crippen LogP contribution in [0, 0.1) is 6.92 Å². The fourth-order valence-corrected chi connectivity index (χ4v) is 3.73. The zero-order chi connectivity index (χ0) is 18.8. The molecule has 0 atom stereocenters. The van der Waals surface area contributed by atoms with E-state index in [0.29, 0.717) is 11.3 Å². The standard InChI is InChI=1S/C16H16ClNO6S/c1-9-4-5-10(16(19)20)6-15(9)25(21,22)18-12-7-11(17)13(23-2)8-14(12)24-3/h4-8,18H,1-3H3,(H,19,20)/p-1. The van der Waals surface area contributed by atoms with E-state index >= 15 is 0 Å². The van der Waals surface area contributed by atoms with E-state index in [-0.39, 0.29) is 26.9 Å². The number of benzene rings is 2. The Hall–Kier alpha value is -2.45. The van der Waals surface area contributed by atoms with E-state index in [2.05, 4.69) is 4.72 Å². The first-order valence-corrected chi connectivity index (χ1v) is 8.82. The summed E-state index contributed by atoms with van der Waals surface area (Å²) in [5.74, 6) is -0.961. The van der Waals surface area contributed by atoms with Crippen LogP contribution in [0.2, 0.25) is 5.02 Å². The van der Waals surface area contributed by atoms with Crippen LogP contribution in [0.15, 0.2) is 35.2 Å². The summed E-state index contributed by atoms with van der Waals surface area (Å²) >= 11 is 6.03. The maximum Gasteiger partial charge on any atom is 0.262 e. The molecule has 134 valence electrons. The van der Waals surface area contributed by atoms with Gasteiger partial charge in [-0.3, -0.25) is 4.72 Å². The lowest BCUT2D eigenvalue weighted by molar-refractivity contribution is -0.255. The molecular formula is C16H15ClNO6S-. The quantitative estimate of drug-likeness (QED) is 0.814. The number of hydrogen-bond acceptors (Lipinski definition) is 6. The molecule has 9 heteroatoms. The van der Waals surface area contributed by atoms with Gasteiger partial charge >= 0.3 is 0 Å². The van der Waals surface area contributed by atoms with Gasteiger partial charge in [-0.05, 0) is 30.2 Å². The van der Waals surface area contributed by atoms with Crippen molar-refractivity contribution >= 4 is 33.3 Å². The van der Waals surface area contributed by atoms with Crippen molar-refractivity contribution < 1.29 is 27.8 Å². The van der Waals surface area contributed by atoms with E-state index in [0.717, 1.165) is 6.07 Å². The molecule has 0 heterocycles. The molecule has 0 spiro atoms. The molecule has 0 aliphatic carbocycles. The Morgan fingerprint density at radius 3 is 2.32 bits per heavy atom. The number of halogens is 1. The molecule has 0 fully saturated rings. The summed E-state index contributed by atoms with van der Waals surface area (Å²) in [7, 11) is -1.31. The predicted molar refractivity (Wildman–Crippen MR) is 90.9 cm³/mol. The first kappa shape index (κ1) is 18.9. The minimum Gasteiger partial charge on any atom is -0.545 e. The second kappa shape index (κ2) is 7.20. The number of nitrogens with one attached hydrogen (secondary N) is 1. The van der Waals surface area contributed by atoms with E-state index in [4.69, 9.17) is 21.1 Å². The van der Waals surface area contributed by atoms with Crippen molar-refractivity contribution in [1.82, 2.24) is 0 Å². The maximum atomic E-state index is 12.7. The highest BCUT2D eigenvalue weighted by Gasteiger charge is 2.21. The number of aryl methyl sites for hydroxylation is 1. The Labute approximate surface area is 150 Å². The Balaban J connectivity index is 2.51. The number of ether oxygens (including phenoxy) is 2. The van der Waals surface area contributed by atoms with Crippen LogP contribution >= 0.6 is 11.6 Å². The van der Waals surface area contributed by atoms with E-state index < -0.39 is 16.0 Å². The number of anilines is 1. The fourth-order valence-electron chi connectivity index (χ4n) is 2.16. The Morgan fingerprint density at radius 1 is 1.12 bits per heavy atom. The second-order valence-electron chi connectivity index (χ2n) is 5.06. The van der Waals surface area contributed by atoms with Gasteiger partial charge in [0.15, 0.2) is 0 Å². The maximum absolute atomic E-state index is 12.7. The number of carbonyl (C=O) groups excluding carboxylic acids is 1. The third kappa shape index (κ3) is 3.97. The number of rotatable bonds is 6. The third-order valence-electron chi connectivity index (χ3n) is 3.43. The molecule has 0 unspecified atom stereocenters. The minimum atomic E-state index is -4.09. The molecule has 0 bridgehead atoms. The van der Waals surface area contributed by atoms with Gasteiger partial charge in [-0.2, -0.15) is 0 Å². The van der Waals surface area contributed by atoms with Gasteiger partial charge in [0.05, 0.1) is 35.8 Å². The van der Waals surface area contributed by atoms with E-state index in [1.165, 1.54) is 38.5 Å². The molecule has 2 aromatic carbocycles. The highest BCUT2D eigenvalue weighted by molar-refractivity contribution is 7.92. The van der Waals surface area contributed by atoms with Crippen molar-refractivity contribution in [3.63, 3.8) is 0 Å². The van der Waals surface area contributed by atoms with Crippen LogP contribution in [-0.4, -0.2) is 28.6 Å². The largest absolute Gasteiger partial charge is 0.545 e. The summed E-state index contributed by atoms with van der Waals surface area (Å²) in [6.07, 6.45) is 0. The first-order chi connectivity index (χ1) is 11.7. The molecule has 7 nitrogen and oxygen atoms in total. The minimum absolute atomic E-state index is 0.0894. The number of hydrogen-bond donors (Lipinski definition) is 1. The van der Waals surface area contributed by atoms with Crippen molar-refractivity contribution in [2.75, 3.05) is 18.9 Å². The average molecular weight is 385 g/mol. The van der Waals surface area contributed by atoms with E-state index in [1.807, 2.05) is 0 Å². The average Bonchev–Trinajstić information content (AvgIpc) is 2.54. The van der Waals surface area contributed by atoms with Gasteiger partial charge in [0.2, 0.25) is 0 Å². The van der Waals surface area contributed by atoms with E-state index in [1.54, 1.807) is 6.92 Å². The molecule has 0 saturated carbocycles. The second-order valence-corrected chi connectivity index (χ2v) is 7.12. The normalized spacial score (nSPS) is 11.0. The molecule has 0 saturated heterocycles. The zero-order valence-electron chi connectivity index (χ0n) is 13.6. The molecule has 0 aliphatic rings. The highest BCUT2D eigenvalue weighted by Crippen LogP contribution is 2.37. The Bertz CT molecular complexity index is 926. The van der Waals surface area contributed by atoms with Crippen molar-refractivity contribution in [2.24, 2.45) is 0 Å². The van der Waals surface area contributed by atoms with Gasteiger partial charge in [0.25, 0.3) is 10.0 Å².